The van der Waals surface area contributed by atoms with Crippen molar-refractivity contribution in [3.63, 3.8) is 0 Å². The molecule has 2 heterocycles. The second-order valence-corrected chi connectivity index (χ2v) is 6.44. The predicted octanol–water partition coefficient (Wildman–Crippen LogP) is 1.70. The minimum Gasteiger partial charge on any atom is -0.368 e. The summed E-state index contributed by atoms with van der Waals surface area (Å²) in [7, 11) is 0. The number of hydrogen-bond donors (Lipinski definition) is 2. The molecule has 1 aliphatic rings. The standard InChI is InChI=1S/C16H16ClN7O/c17-11-4-2-1-3-10(11)8-24-16-13(22-23-24)15(19-7-12(18)25)20-14(21-16)9-5-6-9/h1-4,9H,5-8H2,(H2,18,25)(H,19,20,21). The van der Waals surface area contributed by atoms with Crippen LogP contribution >= 0.6 is 11.6 Å². The molecular weight excluding hydrogens is 342 g/mol. The van der Waals surface area contributed by atoms with Crippen molar-refractivity contribution in [2.75, 3.05) is 11.9 Å². The van der Waals surface area contributed by atoms with E-state index in [1.165, 1.54) is 0 Å². The number of nitrogens with two attached hydrogens (primary N) is 1. The lowest BCUT2D eigenvalue weighted by molar-refractivity contribution is -0.116. The molecule has 3 aromatic rings. The number of rotatable bonds is 6. The van der Waals surface area contributed by atoms with Gasteiger partial charge in [0.25, 0.3) is 0 Å². The van der Waals surface area contributed by atoms with Crippen molar-refractivity contribution in [1.82, 2.24) is 25.0 Å². The van der Waals surface area contributed by atoms with Crippen LogP contribution in [0.2, 0.25) is 5.02 Å². The van der Waals surface area contributed by atoms with Gasteiger partial charge in [-0.25, -0.2) is 14.6 Å². The van der Waals surface area contributed by atoms with Crippen molar-refractivity contribution in [2.45, 2.75) is 25.3 Å². The van der Waals surface area contributed by atoms with E-state index in [0.29, 0.717) is 34.5 Å². The van der Waals surface area contributed by atoms with E-state index >= 15 is 0 Å². The maximum atomic E-state index is 11.1. The van der Waals surface area contributed by atoms with Crippen LogP contribution in [0.25, 0.3) is 11.2 Å². The SMILES string of the molecule is NC(=O)CNc1nc(C2CC2)nc2c1nnn2Cc1ccccc1Cl. The number of aromatic nitrogens is 5. The van der Waals surface area contributed by atoms with E-state index in [4.69, 9.17) is 17.3 Å². The summed E-state index contributed by atoms with van der Waals surface area (Å²) in [5, 5.41) is 12.0. The first-order valence-corrected chi connectivity index (χ1v) is 8.36. The highest BCUT2D eigenvalue weighted by Gasteiger charge is 2.29. The van der Waals surface area contributed by atoms with Gasteiger partial charge < -0.3 is 11.1 Å². The molecule has 1 aromatic carbocycles. The smallest absolute Gasteiger partial charge is 0.236 e. The van der Waals surface area contributed by atoms with Crippen LogP contribution in [0.15, 0.2) is 24.3 Å². The summed E-state index contributed by atoms with van der Waals surface area (Å²) < 4.78 is 1.69. The number of benzene rings is 1. The van der Waals surface area contributed by atoms with Crippen LogP contribution in [-0.2, 0) is 11.3 Å². The second-order valence-electron chi connectivity index (χ2n) is 6.04. The number of nitrogens with zero attached hydrogens (tertiary/aromatic N) is 5. The Labute approximate surface area is 148 Å². The Morgan fingerprint density at radius 3 is 2.84 bits per heavy atom. The molecule has 0 unspecified atom stereocenters. The summed E-state index contributed by atoms with van der Waals surface area (Å²) in [5.41, 5.74) is 7.27. The Bertz CT molecular complexity index is 951. The maximum absolute atomic E-state index is 11.1. The van der Waals surface area contributed by atoms with Crippen LogP contribution in [0.5, 0.6) is 0 Å². The van der Waals surface area contributed by atoms with Gasteiger partial charge >= 0.3 is 0 Å². The molecule has 0 radical (unpaired) electrons. The van der Waals surface area contributed by atoms with Crippen molar-refractivity contribution in [3.05, 3.63) is 40.7 Å². The van der Waals surface area contributed by atoms with Crippen LogP contribution in [-0.4, -0.2) is 37.4 Å². The summed E-state index contributed by atoms with van der Waals surface area (Å²) in [6.45, 7) is 0.431. The van der Waals surface area contributed by atoms with Gasteiger partial charge in [-0.15, -0.1) is 5.10 Å². The Morgan fingerprint density at radius 1 is 1.32 bits per heavy atom. The molecule has 1 aliphatic carbocycles. The summed E-state index contributed by atoms with van der Waals surface area (Å²) in [5.74, 6) is 1.10. The van der Waals surface area contributed by atoms with E-state index in [1.807, 2.05) is 24.3 Å². The highest BCUT2D eigenvalue weighted by atomic mass is 35.5. The van der Waals surface area contributed by atoms with Crippen molar-refractivity contribution in [2.24, 2.45) is 5.73 Å². The minimum atomic E-state index is -0.469. The first-order valence-electron chi connectivity index (χ1n) is 7.98. The zero-order valence-corrected chi connectivity index (χ0v) is 14.1. The van der Waals surface area contributed by atoms with E-state index in [-0.39, 0.29) is 6.54 Å². The third-order valence-electron chi connectivity index (χ3n) is 4.03. The molecule has 0 saturated heterocycles. The zero-order valence-electron chi connectivity index (χ0n) is 13.3. The van der Waals surface area contributed by atoms with Crippen molar-refractivity contribution >= 4 is 34.5 Å². The van der Waals surface area contributed by atoms with Crippen LogP contribution in [0.1, 0.15) is 30.1 Å². The van der Waals surface area contributed by atoms with Crippen molar-refractivity contribution in [1.29, 1.82) is 0 Å². The molecule has 9 heteroatoms. The lowest BCUT2D eigenvalue weighted by Crippen LogP contribution is -2.22. The Morgan fingerprint density at radius 2 is 2.12 bits per heavy atom. The highest BCUT2D eigenvalue weighted by molar-refractivity contribution is 6.31. The predicted molar refractivity (Wildman–Crippen MR) is 93.3 cm³/mol. The molecule has 3 N–H and O–H groups in total. The van der Waals surface area contributed by atoms with Crippen molar-refractivity contribution in [3.8, 4) is 0 Å². The number of fused-ring (bicyclic) bond motifs is 1. The molecule has 0 aliphatic heterocycles. The molecule has 0 atom stereocenters. The number of amides is 1. The van der Waals surface area contributed by atoms with Crippen LogP contribution in [0, 0.1) is 0 Å². The highest BCUT2D eigenvalue weighted by Crippen LogP contribution is 2.39. The van der Waals surface area contributed by atoms with Crippen LogP contribution < -0.4 is 11.1 Å². The van der Waals surface area contributed by atoms with E-state index in [9.17, 15) is 4.79 Å². The average molecular weight is 358 g/mol. The summed E-state index contributed by atoms with van der Waals surface area (Å²) in [6, 6.07) is 7.57. The number of carbonyl (C=O) groups excluding carboxylic acids is 1. The molecule has 8 nitrogen and oxygen atoms in total. The van der Waals surface area contributed by atoms with E-state index in [0.717, 1.165) is 24.2 Å². The van der Waals surface area contributed by atoms with Gasteiger partial charge in [0.2, 0.25) is 5.91 Å². The minimum absolute atomic E-state index is 0.0202. The molecular formula is C16H16ClN7O. The van der Waals surface area contributed by atoms with Gasteiger partial charge in [-0.1, -0.05) is 35.0 Å². The number of hydrogen-bond acceptors (Lipinski definition) is 6. The largest absolute Gasteiger partial charge is 0.368 e. The quantitative estimate of drug-likeness (QED) is 0.694. The van der Waals surface area contributed by atoms with Gasteiger partial charge in [-0.05, 0) is 24.5 Å². The van der Waals surface area contributed by atoms with Crippen LogP contribution in [0.4, 0.5) is 5.82 Å². The molecule has 2 aromatic heterocycles. The third-order valence-corrected chi connectivity index (χ3v) is 4.40. The molecule has 1 fully saturated rings. The first kappa shape index (κ1) is 15.8. The fraction of sp³-hybridized carbons (Fsp3) is 0.312. The fourth-order valence-electron chi connectivity index (χ4n) is 2.59. The van der Waals surface area contributed by atoms with E-state index in [1.54, 1.807) is 4.68 Å². The molecule has 0 spiro atoms. The number of carbonyl (C=O) groups is 1. The third kappa shape index (κ3) is 3.25. The van der Waals surface area contributed by atoms with Gasteiger partial charge in [0.15, 0.2) is 17.0 Å². The summed E-state index contributed by atoms with van der Waals surface area (Å²) >= 11 is 6.24. The monoisotopic (exact) mass is 357 g/mol. The molecule has 1 amide bonds. The lowest BCUT2D eigenvalue weighted by atomic mass is 10.2. The van der Waals surface area contributed by atoms with Gasteiger partial charge in [-0.3, -0.25) is 4.79 Å². The molecule has 4 rings (SSSR count). The number of primary amides is 1. The normalized spacial score (nSPS) is 14.0. The van der Waals surface area contributed by atoms with Crippen molar-refractivity contribution < 1.29 is 4.79 Å². The Balaban J connectivity index is 1.75. The fourth-order valence-corrected chi connectivity index (χ4v) is 2.78. The number of anilines is 1. The van der Waals surface area contributed by atoms with Gasteiger partial charge in [-0.2, -0.15) is 0 Å². The Kier molecular flexibility index (Phi) is 3.96. The topological polar surface area (TPSA) is 112 Å². The van der Waals surface area contributed by atoms with Gasteiger partial charge in [0, 0.05) is 10.9 Å². The number of nitrogens with one attached hydrogen (secondary N) is 1. The molecule has 0 bridgehead atoms. The lowest BCUT2D eigenvalue weighted by Gasteiger charge is -2.08. The van der Waals surface area contributed by atoms with E-state index < -0.39 is 5.91 Å². The van der Waals surface area contributed by atoms with Gasteiger partial charge in [0.05, 0.1) is 13.1 Å². The molecule has 1 saturated carbocycles. The Hall–Kier alpha value is -2.74. The first-order chi connectivity index (χ1) is 12.1. The summed E-state index contributed by atoms with van der Waals surface area (Å²) in [6.07, 6.45) is 2.12. The van der Waals surface area contributed by atoms with E-state index in [2.05, 4.69) is 25.6 Å². The average Bonchev–Trinajstić information content (AvgIpc) is 3.37. The molecule has 128 valence electrons. The van der Waals surface area contributed by atoms with Gasteiger partial charge in [0.1, 0.15) is 5.82 Å². The summed E-state index contributed by atoms with van der Waals surface area (Å²) in [4.78, 5) is 20.2. The number of halogens is 1. The maximum Gasteiger partial charge on any atom is 0.236 e. The van der Waals surface area contributed by atoms with Crippen LogP contribution in [0.3, 0.4) is 0 Å². The molecule has 25 heavy (non-hydrogen) atoms. The second kappa shape index (κ2) is 6.29. The zero-order chi connectivity index (χ0) is 17.4.